The third-order valence-electron chi connectivity index (χ3n) is 5.21. The van der Waals surface area contributed by atoms with Gasteiger partial charge in [-0.05, 0) is 25.2 Å². The molecular formula is C14H20O4. The van der Waals surface area contributed by atoms with Gasteiger partial charge in [0.2, 0.25) is 5.79 Å². The molecule has 0 aromatic carbocycles. The molecule has 100 valence electrons. The van der Waals surface area contributed by atoms with E-state index in [9.17, 15) is 9.90 Å². The van der Waals surface area contributed by atoms with Crippen LogP contribution in [0.5, 0.6) is 0 Å². The molecule has 0 aromatic rings. The van der Waals surface area contributed by atoms with Crippen LogP contribution in [-0.4, -0.2) is 37.0 Å². The van der Waals surface area contributed by atoms with Crippen molar-refractivity contribution in [3.05, 3.63) is 12.2 Å². The first-order valence-corrected chi connectivity index (χ1v) is 6.64. The minimum Gasteiger partial charge on any atom is -0.392 e. The molecule has 4 atom stereocenters. The number of hydrogen-bond donors (Lipinski definition) is 1. The van der Waals surface area contributed by atoms with E-state index >= 15 is 0 Å². The molecule has 1 N–H and O–H groups in total. The molecule has 1 unspecified atom stereocenters. The van der Waals surface area contributed by atoms with Gasteiger partial charge in [-0.25, -0.2) is 0 Å². The van der Waals surface area contributed by atoms with Crippen LogP contribution in [0.4, 0.5) is 0 Å². The SMILES string of the molecule is COC1(OC)C(=O)[C@H]2C=C[C@]13C(CCC[C@H]3O)C2. The van der Waals surface area contributed by atoms with Gasteiger partial charge in [0.25, 0.3) is 0 Å². The van der Waals surface area contributed by atoms with E-state index in [4.69, 9.17) is 9.47 Å². The summed E-state index contributed by atoms with van der Waals surface area (Å²) in [7, 11) is 3.01. The molecule has 4 heteroatoms. The number of allylic oxidation sites excluding steroid dienone is 1. The highest BCUT2D eigenvalue weighted by atomic mass is 16.7. The van der Waals surface area contributed by atoms with Crippen molar-refractivity contribution >= 4 is 5.78 Å². The average Bonchev–Trinajstić information content (AvgIpc) is 2.40. The summed E-state index contributed by atoms with van der Waals surface area (Å²) in [5.74, 6) is -1.18. The highest BCUT2D eigenvalue weighted by Gasteiger charge is 2.70. The van der Waals surface area contributed by atoms with Gasteiger partial charge in [0.15, 0.2) is 5.78 Å². The molecule has 0 saturated heterocycles. The summed E-state index contributed by atoms with van der Waals surface area (Å²) in [6.07, 6.45) is 6.91. The van der Waals surface area contributed by atoms with E-state index in [1.807, 2.05) is 12.2 Å². The van der Waals surface area contributed by atoms with Crippen LogP contribution in [0.3, 0.4) is 0 Å². The van der Waals surface area contributed by atoms with Crippen molar-refractivity contribution in [2.24, 2.45) is 17.3 Å². The second kappa shape index (κ2) is 3.89. The number of carbonyl (C=O) groups is 1. The normalized spacial score (nSPS) is 45.1. The number of ketones is 1. The van der Waals surface area contributed by atoms with Gasteiger partial charge in [0.05, 0.1) is 11.5 Å². The second-order valence-electron chi connectivity index (χ2n) is 5.67. The van der Waals surface area contributed by atoms with E-state index in [-0.39, 0.29) is 17.6 Å². The fourth-order valence-corrected chi connectivity index (χ4v) is 4.42. The number of fused-ring (bicyclic) bond motifs is 1. The number of aliphatic hydroxyl groups excluding tert-OH is 1. The largest absolute Gasteiger partial charge is 0.392 e. The van der Waals surface area contributed by atoms with Gasteiger partial charge in [0.1, 0.15) is 0 Å². The quantitative estimate of drug-likeness (QED) is 0.594. The molecule has 2 saturated carbocycles. The van der Waals surface area contributed by atoms with E-state index in [1.54, 1.807) is 0 Å². The van der Waals surface area contributed by atoms with Crippen molar-refractivity contribution in [1.82, 2.24) is 0 Å². The Bertz CT molecular complexity index is 399. The summed E-state index contributed by atoms with van der Waals surface area (Å²) in [6, 6.07) is 0. The number of hydrogen-bond acceptors (Lipinski definition) is 4. The molecule has 2 bridgehead atoms. The van der Waals surface area contributed by atoms with E-state index in [1.165, 1.54) is 14.2 Å². The molecule has 0 amide bonds. The van der Waals surface area contributed by atoms with E-state index < -0.39 is 17.3 Å². The summed E-state index contributed by atoms with van der Waals surface area (Å²) >= 11 is 0. The lowest BCUT2D eigenvalue weighted by Gasteiger charge is -2.60. The number of rotatable bonds is 2. The minimum atomic E-state index is -1.30. The summed E-state index contributed by atoms with van der Waals surface area (Å²) < 4.78 is 11.0. The zero-order chi connectivity index (χ0) is 13.0. The Hall–Kier alpha value is -0.710. The fourth-order valence-electron chi connectivity index (χ4n) is 4.42. The highest BCUT2D eigenvalue weighted by molar-refractivity contribution is 5.93. The Morgan fingerprint density at radius 3 is 2.72 bits per heavy atom. The Morgan fingerprint density at radius 2 is 2.06 bits per heavy atom. The van der Waals surface area contributed by atoms with Crippen LogP contribution >= 0.6 is 0 Å². The number of aliphatic hydroxyl groups is 1. The Labute approximate surface area is 107 Å². The minimum absolute atomic E-state index is 0.0350. The average molecular weight is 252 g/mol. The molecule has 0 radical (unpaired) electrons. The number of ether oxygens (including phenoxy) is 2. The van der Waals surface area contributed by atoms with E-state index in [2.05, 4.69) is 0 Å². The van der Waals surface area contributed by atoms with Crippen LogP contribution in [0, 0.1) is 17.3 Å². The maximum Gasteiger partial charge on any atom is 0.241 e. The number of carbonyl (C=O) groups excluding carboxylic acids is 1. The topological polar surface area (TPSA) is 55.8 Å². The smallest absolute Gasteiger partial charge is 0.241 e. The lowest BCUT2D eigenvalue weighted by Crippen LogP contribution is -2.71. The van der Waals surface area contributed by atoms with Gasteiger partial charge in [-0.2, -0.15) is 0 Å². The Kier molecular flexibility index (Phi) is 2.66. The first-order valence-electron chi connectivity index (χ1n) is 6.64. The van der Waals surface area contributed by atoms with Crippen molar-refractivity contribution in [1.29, 1.82) is 0 Å². The van der Waals surface area contributed by atoms with Crippen LogP contribution < -0.4 is 0 Å². The summed E-state index contributed by atoms with van der Waals surface area (Å²) in [5.41, 5.74) is -0.694. The maximum atomic E-state index is 12.6. The lowest BCUT2D eigenvalue weighted by molar-refractivity contribution is -0.300. The monoisotopic (exact) mass is 252 g/mol. The van der Waals surface area contributed by atoms with E-state index in [0.29, 0.717) is 6.42 Å². The van der Waals surface area contributed by atoms with Crippen LogP contribution in [-0.2, 0) is 14.3 Å². The summed E-state index contributed by atoms with van der Waals surface area (Å²) in [5, 5.41) is 10.5. The lowest BCUT2D eigenvalue weighted by atomic mass is 9.49. The van der Waals surface area contributed by atoms with Crippen LogP contribution in [0.25, 0.3) is 0 Å². The van der Waals surface area contributed by atoms with Crippen molar-refractivity contribution < 1.29 is 19.4 Å². The standard InChI is InChI=1S/C14H20O4/c1-17-14(18-2)12(16)9-6-7-13(14)10(8-9)4-3-5-11(13)15/h6-7,9-11,15H,3-5,8H2,1-2H3/t9-,10?,11+,13+/m0/s1. The summed E-state index contributed by atoms with van der Waals surface area (Å²) in [6.45, 7) is 0. The van der Waals surface area contributed by atoms with Crippen molar-refractivity contribution in [2.45, 2.75) is 37.6 Å². The number of methoxy groups -OCH3 is 2. The molecule has 4 nitrogen and oxygen atoms in total. The molecule has 0 heterocycles. The van der Waals surface area contributed by atoms with Crippen LogP contribution in [0.1, 0.15) is 25.7 Å². The Morgan fingerprint density at radius 1 is 1.33 bits per heavy atom. The highest BCUT2D eigenvalue weighted by Crippen LogP contribution is 2.61. The molecule has 0 aromatic heterocycles. The maximum absolute atomic E-state index is 12.6. The molecular weight excluding hydrogens is 232 g/mol. The van der Waals surface area contributed by atoms with Gasteiger partial charge < -0.3 is 14.6 Å². The predicted molar refractivity (Wildman–Crippen MR) is 64.8 cm³/mol. The Balaban J connectivity index is 2.19. The van der Waals surface area contributed by atoms with Crippen molar-refractivity contribution in [2.75, 3.05) is 14.2 Å². The van der Waals surface area contributed by atoms with Gasteiger partial charge in [-0.3, -0.25) is 4.79 Å². The molecule has 4 aliphatic carbocycles. The van der Waals surface area contributed by atoms with Crippen LogP contribution in [0.15, 0.2) is 12.2 Å². The van der Waals surface area contributed by atoms with Gasteiger partial charge >= 0.3 is 0 Å². The molecule has 0 aliphatic heterocycles. The first-order chi connectivity index (χ1) is 8.62. The molecule has 4 aliphatic rings. The van der Waals surface area contributed by atoms with Crippen molar-refractivity contribution in [3.63, 3.8) is 0 Å². The fraction of sp³-hybridized carbons (Fsp3) is 0.786. The number of Topliss-reactive ketones (excluding diaryl/α,β-unsaturated/α-hetero) is 1. The predicted octanol–water partition coefficient (Wildman–Crippen LogP) is 1.28. The zero-order valence-electron chi connectivity index (χ0n) is 10.9. The van der Waals surface area contributed by atoms with Gasteiger partial charge in [0, 0.05) is 20.1 Å². The summed E-state index contributed by atoms with van der Waals surface area (Å²) in [4.78, 5) is 12.6. The molecule has 2 fully saturated rings. The third-order valence-corrected chi connectivity index (χ3v) is 5.21. The second-order valence-corrected chi connectivity index (χ2v) is 5.67. The van der Waals surface area contributed by atoms with Crippen LogP contribution in [0.2, 0.25) is 0 Å². The van der Waals surface area contributed by atoms with Gasteiger partial charge in [-0.15, -0.1) is 0 Å². The third kappa shape index (κ3) is 1.14. The molecule has 1 spiro atoms. The first kappa shape index (κ1) is 12.3. The zero-order valence-corrected chi connectivity index (χ0v) is 10.9. The van der Waals surface area contributed by atoms with Crippen molar-refractivity contribution in [3.8, 4) is 0 Å². The molecule has 4 rings (SSSR count). The molecule has 18 heavy (non-hydrogen) atoms. The van der Waals surface area contributed by atoms with E-state index in [0.717, 1.165) is 19.3 Å². The van der Waals surface area contributed by atoms with Gasteiger partial charge in [-0.1, -0.05) is 18.6 Å².